The van der Waals surface area contributed by atoms with Crippen LogP contribution >= 0.6 is 0 Å². The Balaban J connectivity index is 2.09. The molecule has 2 rings (SSSR count). The van der Waals surface area contributed by atoms with Crippen molar-refractivity contribution in [2.24, 2.45) is 0 Å². The van der Waals surface area contributed by atoms with E-state index in [0.717, 1.165) is 5.75 Å². The fourth-order valence-electron chi connectivity index (χ4n) is 1.40. The molecule has 0 spiro atoms. The van der Waals surface area contributed by atoms with E-state index >= 15 is 0 Å². The molecule has 1 heterocycles. The van der Waals surface area contributed by atoms with Crippen molar-refractivity contribution in [2.75, 3.05) is 7.11 Å². The second-order valence-electron chi connectivity index (χ2n) is 3.44. The molecule has 0 atom stereocenters. The third kappa shape index (κ3) is 2.84. The van der Waals surface area contributed by atoms with Crippen LogP contribution in [0.4, 0.5) is 0 Å². The van der Waals surface area contributed by atoms with Gasteiger partial charge in [0.1, 0.15) is 11.5 Å². The average molecular weight is 228 g/mol. The molecule has 0 bridgehead atoms. The Kier molecular flexibility index (Phi) is 3.40. The Morgan fingerprint density at radius 2 is 2.00 bits per heavy atom. The number of hydrogen-bond donors (Lipinski definition) is 0. The Morgan fingerprint density at radius 1 is 1.24 bits per heavy atom. The van der Waals surface area contributed by atoms with E-state index < -0.39 is 0 Å². The van der Waals surface area contributed by atoms with Gasteiger partial charge in [0.05, 0.1) is 13.4 Å². The van der Waals surface area contributed by atoms with Crippen molar-refractivity contribution in [1.29, 1.82) is 0 Å². The number of carbonyl (C=O) groups is 1. The van der Waals surface area contributed by atoms with Gasteiger partial charge in [0.15, 0.2) is 5.78 Å². The number of methoxy groups -OCH3 is 1. The largest absolute Gasteiger partial charge is 0.497 e. The molecular weight excluding hydrogens is 216 g/mol. The lowest BCUT2D eigenvalue weighted by Crippen LogP contribution is -1.93. The Hall–Kier alpha value is -2.29. The van der Waals surface area contributed by atoms with E-state index in [0.29, 0.717) is 11.3 Å². The van der Waals surface area contributed by atoms with E-state index in [-0.39, 0.29) is 5.78 Å². The molecule has 2 aromatic rings. The quantitative estimate of drug-likeness (QED) is 0.596. The average Bonchev–Trinajstić information content (AvgIpc) is 2.89. The molecule has 0 fully saturated rings. The van der Waals surface area contributed by atoms with Gasteiger partial charge in [-0.25, -0.2) is 0 Å². The van der Waals surface area contributed by atoms with Crippen molar-refractivity contribution >= 4 is 11.9 Å². The van der Waals surface area contributed by atoms with Gasteiger partial charge in [0, 0.05) is 5.56 Å². The van der Waals surface area contributed by atoms with Crippen LogP contribution in [0.15, 0.2) is 53.2 Å². The first kappa shape index (κ1) is 11.2. The molecule has 0 radical (unpaired) electrons. The lowest BCUT2D eigenvalue weighted by atomic mass is 10.1. The molecule has 0 aliphatic rings. The smallest absolute Gasteiger partial charge is 0.185 e. The molecule has 3 nitrogen and oxygen atoms in total. The number of allylic oxidation sites excluding steroid dienone is 1. The van der Waals surface area contributed by atoms with Crippen molar-refractivity contribution in [2.45, 2.75) is 0 Å². The van der Waals surface area contributed by atoms with E-state index in [4.69, 9.17) is 9.15 Å². The number of ketones is 1. The van der Waals surface area contributed by atoms with Gasteiger partial charge in [-0.05, 0) is 48.6 Å². The van der Waals surface area contributed by atoms with Gasteiger partial charge < -0.3 is 9.15 Å². The highest BCUT2D eigenvalue weighted by atomic mass is 16.5. The maximum absolute atomic E-state index is 11.8. The lowest BCUT2D eigenvalue weighted by Gasteiger charge is -1.99. The van der Waals surface area contributed by atoms with Crippen LogP contribution in [0.2, 0.25) is 0 Å². The van der Waals surface area contributed by atoms with Crippen LogP contribution in [0.1, 0.15) is 16.1 Å². The van der Waals surface area contributed by atoms with E-state index in [1.54, 1.807) is 55.8 Å². The number of carbonyl (C=O) groups excluding carboxylic acids is 1. The summed E-state index contributed by atoms with van der Waals surface area (Å²) in [4.78, 5) is 11.8. The van der Waals surface area contributed by atoms with Gasteiger partial charge >= 0.3 is 0 Å². The number of rotatable bonds is 4. The fraction of sp³-hybridized carbons (Fsp3) is 0.0714. The summed E-state index contributed by atoms with van der Waals surface area (Å²) < 4.78 is 10.1. The normalized spacial score (nSPS) is 10.6. The van der Waals surface area contributed by atoms with Gasteiger partial charge in [-0.1, -0.05) is 0 Å². The van der Waals surface area contributed by atoms with Gasteiger partial charge in [-0.15, -0.1) is 0 Å². The summed E-state index contributed by atoms with van der Waals surface area (Å²) in [6.07, 6.45) is 4.70. The van der Waals surface area contributed by atoms with Gasteiger partial charge in [-0.2, -0.15) is 0 Å². The summed E-state index contributed by atoms with van der Waals surface area (Å²) in [5, 5.41) is 0. The number of ether oxygens (including phenoxy) is 1. The topological polar surface area (TPSA) is 39.4 Å². The van der Waals surface area contributed by atoms with Crippen LogP contribution in [0, 0.1) is 0 Å². The summed E-state index contributed by atoms with van der Waals surface area (Å²) in [7, 11) is 1.59. The molecule has 0 saturated carbocycles. The minimum absolute atomic E-state index is 0.0657. The summed E-state index contributed by atoms with van der Waals surface area (Å²) in [5.74, 6) is 1.33. The van der Waals surface area contributed by atoms with Crippen molar-refractivity contribution in [1.82, 2.24) is 0 Å². The molecule has 0 aliphatic carbocycles. The monoisotopic (exact) mass is 228 g/mol. The molecule has 1 aromatic carbocycles. The number of furan rings is 1. The molecule has 86 valence electrons. The molecular formula is C14H12O3. The van der Waals surface area contributed by atoms with E-state index in [2.05, 4.69) is 0 Å². The molecule has 17 heavy (non-hydrogen) atoms. The molecule has 0 saturated heterocycles. The highest BCUT2D eigenvalue weighted by Gasteiger charge is 2.01. The number of benzene rings is 1. The highest BCUT2D eigenvalue weighted by Crippen LogP contribution is 2.12. The number of hydrogen-bond acceptors (Lipinski definition) is 3. The van der Waals surface area contributed by atoms with Crippen molar-refractivity contribution in [3.05, 3.63) is 60.1 Å². The molecule has 1 aromatic heterocycles. The van der Waals surface area contributed by atoms with Crippen LogP contribution in [0.3, 0.4) is 0 Å². The Labute approximate surface area is 99.3 Å². The summed E-state index contributed by atoms with van der Waals surface area (Å²) in [6.45, 7) is 0. The molecule has 0 N–H and O–H groups in total. The molecule has 3 heteroatoms. The summed E-state index contributed by atoms with van der Waals surface area (Å²) in [5.41, 5.74) is 0.619. The van der Waals surface area contributed by atoms with Crippen molar-refractivity contribution in [3.8, 4) is 5.75 Å². The van der Waals surface area contributed by atoms with Crippen molar-refractivity contribution < 1.29 is 13.9 Å². The van der Waals surface area contributed by atoms with Gasteiger partial charge in [0.2, 0.25) is 0 Å². The van der Waals surface area contributed by atoms with Gasteiger partial charge in [-0.3, -0.25) is 4.79 Å². The van der Waals surface area contributed by atoms with Crippen LogP contribution < -0.4 is 4.74 Å². The minimum atomic E-state index is -0.0657. The summed E-state index contributed by atoms with van der Waals surface area (Å²) in [6, 6.07) is 10.5. The second-order valence-corrected chi connectivity index (χ2v) is 3.44. The predicted molar refractivity (Wildman–Crippen MR) is 65.1 cm³/mol. The second kappa shape index (κ2) is 5.16. The zero-order valence-electron chi connectivity index (χ0n) is 9.42. The SMILES string of the molecule is COc1ccc(C(=O)/C=C\c2ccco2)cc1. The minimum Gasteiger partial charge on any atom is -0.497 e. The molecule has 0 amide bonds. The van der Waals surface area contributed by atoms with Crippen LogP contribution in [-0.4, -0.2) is 12.9 Å². The standard InChI is InChI=1S/C14H12O3/c1-16-12-6-4-11(5-7-12)14(15)9-8-13-3-2-10-17-13/h2-10H,1H3/b9-8-. The maximum atomic E-state index is 11.8. The molecule has 0 aliphatic heterocycles. The first-order valence-corrected chi connectivity index (χ1v) is 5.19. The molecule has 0 unspecified atom stereocenters. The Morgan fingerprint density at radius 3 is 2.59 bits per heavy atom. The lowest BCUT2D eigenvalue weighted by molar-refractivity contribution is 0.104. The van der Waals surface area contributed by atoms with Crippen LogP contribution in [-0.2, 0) is 0 Å². The Bertz CT molecular complexity index is 507. The summed E-state index contributed by atoms with van der Waals surface area (Å²) >= 11 is 0. The maximum Gasteiger partial charge on any atom is 0.185 e. The first-order valence-electron chi connectivity index (χ1n) is 5.19. The zero-order valence-corrected chi connectivity index (χ0v) is 9.42. The highest BCUT2D eigenvalue weighted by molar-refractivity contribution is 6.06. The van der Waals surface area contributed by atoms with Crippen molar-refractivity contribution in [3.63, 3.8) is 0 Å². The van der Waals surface area contributed by atoms with Gasteiger partial charge in [0.25, 0.3) is 0 Å². The first-order chi connectivity index (χ1) is 8.29. The third-order valence-electron chi connectivity index (χ3n) is 2.32. The van der Waals surface area contributed by atoms with E-state index in [1.807, 2.05) is 0 Å². The third-order valence-corrected chi connectivity index (χ3v) is 2.32. The van der Waals surface area contributed by atoms with Crippen LogP contribution in [0.25, 0.3) is 6.08 Å². The fourth-order valence-corrected chi connectivity index (χ4v) is 1.40. The van der Waals surface area contributed by atoms with E-state index in [9.17, 15) is 4.79 Å². The van der Waals surface area contributed by atoms with Crippen LogP contribution in [0.5, 0.6) is 5.75 Å². The van der Waals surface area contributed by atoms with E-state index in [1.165, 1.54) is 6.08 Å². The zero-order chi connectivity index (χ0) is 12.1. The predicted octanol–water partition coefficient (Wildman–Crippen LogP) is 3.18.